The third-order valence-electron chi connectivity index (χ3n) is 14.2. The number of fused-ring (bicyclic) bond motifs is 5. The number of likely N-dealkylation sites (N-methyl/N-ethyl adjacent to an activating group) is 1. The van der Waals surface area contributed by atoms with E-state index in [9.17, 15) is 9.59 Å². The van der Waals surface area contributed by atoms with Gasteiger partial charge in [0.25, 0.3) is 0 Å². The van der Waals surface area contributed by atoms with Gasteiger partial charge in [0.2, 0.25) is 0 Å². The van der Waals surface area contributed by atoms with Gasteiger partial charge in [0.1, 0.15) is 12.1 Å². The fourth-order valence-corrected chi connectivity index (χ4v) is 11.8. The Kier molecular flexibility index (Phi) is 10.4. The predicted octanol–water partition coefficient (Wildman–Crippen LogP) is 3.75. The zero-order valence-corrected chi connectivity index (χ0v) is 29.5. The molecule has 2 aliphatic heterocycles. The Morgan fingerprint density at radius 2 is 1.47 bits per heavy atom. The molecule has 6 aliphatic rings. The molecule has 7 heteroatoms. The third kappa shape index (κ3) is 5.99. The first kappa shape index (κ1) is 33.7. The molecule has 0 bridgehead atoms. The summed E-state index contributed by atoms with van der Waals surface area (Å²) < 4.78 is 13.9. The number of piperidine rings is 2. The van der Waals surface area contributed by atoms with Crippen molar-refractivity contribution in [1.82, 2.24) is 4.90 Å². The van der Waals surface area contributed by atoms with Gasteiger partial charge in [-0.15, -0.1) is 0 Å². The minimum absolute atomic E-state index is 0. The Bertz CT molecular complexity index is 996. The predicted molar refractivity (Wildman–Crippen MR) is 166 cm³/mol. The summed E-state index contributed by atoms with van der Waals surface area (Å²) in [6.07, 6.45) is 17.3. The lowest BCUT2D eigenvalue weighted by molar-refractivity contribution is -0.940. The zero-order valence-electron chi connectivity index (χ0n) is 28.0. The Morgan fingerprint density at radius 3 is 2.14 bits per heavy atom. The number of nitrogens with zero attached hydrogens (tertiary/aromatic N) is 2. The number of esters is 2. The van der Waals surface area contributed by atoms with Crippen molar-refractivity contribution in [3.05, 3.63) is 0 Å². The molecule has 4 aliphatic carbocycles. The highest BCUT2D eigenvalue weighted by Gasteiger charge is 2.67. The summed E-state index contributed by atoms with van der Waals surface area (Å²) in [6.45, 7) is 13.8. The lowest BCUT2D eigenvalue weighted by atomic mass is 9.44. The molecule has 0 spiro atoms. The van der Waals surface area contributed by atoms with E-state index in [-0.39, 0.29) is 46.5 Å². The van der Waals surface area contributed by atoms with Gasteiger partial charge in [-0.2, -0.15) is 0 Å². The summed E-state index contributed by atoms with van der Waals surface area (Å²) >= 11 is 0. The van der Waals surface area contributed by atoms with Crippen molar-refractivity contribution in [3.8, 4) is 0 Å². The van der Waals surface area contributed by atoms with Crippen LogP contribution in [0.2, 0.25) is 0 Å². The van der Waals surface area contributed by atoms with Crippen molar-refractivity contribution in [3.63, 3.8) is 0 Å². The summed E-state index contributed by atoms with van der Waals surface area (Å²) in [5, 5.41) is 0. The van der Waals surface area contributed by atoms with Crippen LogP contribution in [0.4, 0.5) is 0 Å². The molecule has 4 saturated carbocycles. The number of likely N-dealkylation sites (tertiary alicyclic amines) is 2. The molecule has 2 saturated heterocycles. The summed E-state index contributed by atoms with van der Waals surface area (Å²) in [4.78, 5) is 28.2. The minimum Gasteiger partial charge on any atom is -1.00 e. The second kappa shape index (κ2) is 13.2. The van der Waals surface area contributed by atoms with E-state index >= 15 is 0 Å². The Morgan fingerprint density at radius 1 is 0.814 bits per heavy atom. The van der Waals surface area contributed by atoms with Gasteiger partial charge in [0, 0.05) is 30.7 Å². The van der Waals surface area contributed by atoms with Crippen molar-refractivity contribution in [2.24, 2.45) is 34.5 Å². The SMILES string of the molecule is CCC(=O)OC1CC2CC[C@@H]3[C@@H](CC[C@]4(C)C(OC(=O)CC)C([N+]5(C)CCCCC5)C[C@@H]34)[C@@]2(C)CC1N1CCCCC1.[Br-]. The van der Waals surface area contributed by atoms with Crippen LogP contribution < -0.4 is 17.0 Å². The fraction of sp³-hybridized carbons (Fsp3) is 0.944. The number of halogens is 1. The molecule has 0 aromatic carbocycles. The maximum Gasteiger partial charge on any atom is 0.306 e. The molecule has 5 unspecified atom stereocenters. The minimum atomic E-state index is -0.0215. The molecule has 6 rings (SSSR count). The van der Waals surface area contributed by atoms with Crippen molar-refractivity contribution in [1.29, 1.82) is 0 Å². The van der Waals surface area contributed by atoms with Crippen LogP contribution >= 0.6 is 0 Å². The summed E-state index contributed by atoms with van der Waals surface area (Å²) in [5.74, 6) is 2.68. The number of carbonyl (C=O) groups excluding carboxylic acids is 2. The molecule has 0 aromatic heterocycles. The quantitative estimate of drug-likeness (QED) is 0.320. The third-order valence-corrected chi connectivity index (χ3v) is 14.2. The molecular weight excluding hydrogens is 604 g/mol. The van der Waals surface area contributed by atoms with Gasteiger partial charge in [0.15, 0.2) is 6.10 Å². The number of rotatable bonds is 6. The van der Waals surface area contributed by atoms with Crippen molar-refractivity contribution < 1.29 is 40.5 Å². The van der Waals surface area contributed by atoms with E-state index in [0.717, 1.165) is 29.9 Å². The lowest BCUT2D eigenvalue weighted by Gasteiger charge is -2.62. The van der Waals surface area contributed by atoms with E-state index in [1.54, 1.807) is 0 Å². The molecule has 10 atom stereocenters. The molecule has 246 valence electrons. The van der Waals surface area contributed by atoms with Gasteiger partial charge in [-0.05, 0) is 113 Å². The highest BCUT2D eigenvalue weighted by Crippen LogP contribution is 2.67. The van der Waals surface area contributed by atoms with Gasteiger partial charge in [-0.25, -0.2) is 0 Å². The highest BCUT2D eigenvalue weighted by atomic mass is 79.9. The van der Waals surface area contributed by atoms with Crippen LogP contribution in [0.15, 0.2) is 0 Å². The van der Waals surface area contributed by atoms with E-state index in [4.69, 9.17) is 9.47 Å². The van der Waals surface area contributed by atoms with Gasteiger partial charge in [-0.3, -0.25) is 14.5 Å². The number of quaternary nitrogens is 1. The van der Waals surface area contributed by atoms with E-state index in [1.165, 1.54) is 90.1 Å². The molecule has 43 heavy (non-hydrogen) atoms. The van der Waals surface area contributed by atoms with Gasteiger partial charge < -0.3 is 30.9 Å². The van der Waals surface area contributed by atoms with Crippen molar-refractivity contribution >= 4 is 11.9 Å². The van der Waals surface area contributed by atoms with Crippen LogP contribution in [0.25, 0.3) is 0 Å². The number of ether oxygens (including phenoxy) is 2. The Balaban J connectivity index is 0.00000368. The second-order valence-electron chi connectivity index (χ2n) is 16.2. The van der Waals surface area contributed by atoms with Crippen LogP contribution in [-0.4, -0.2) is 78.8 Å². The molecular formula is C36H61BrN2O4. The normalized spacial score (nSPS) is 44.2. The standard InChI is InChI=1S/C36H61N2O4.BrH/c1-6-32(39)41-31-22-25-14-15-26-27(36(25,4)24-29(31)37-18-10-8-11-19-37)16-17-35(3)28(26)23-30(34(35)42-33(40)7-2)38(5)20-12-9-13-21-38;/h25-31,34H,6-24H2,1-5H3;1H/q+1;/p-1/t25?,26-,27-,28+,29?,30?,31?,34?,35+,36+;/m1./s1. The maximum atomic E-state index is 12.9. The highest BCUT2D eigenvalue weighted by molar-refractivity contribution is 5.69. The number of carbonyl (C=O) groups is 2. The first-order chi connectivity index (χ1) is 20.1. The molecule has 6 nitrogen and oxygen atoms in total. The van der Waals surface area contributed by atoms with E-state index < -0.39 is 0 Å². The Hall–Kier alpha value is -0.660. The van der Waals surface area contributed by atoms with Crippen LogP contribution in [0, 0.1) is 34.5 Å². The average Bonchev–Trinajstić information content (AvgIpc) is 3.30. The smallest absolute Gasteiger partial charge is 0.306 e. The van der Waals surface area contributed by atoms with Crippen LogP contribution in [0.5, 0.6) is 0 Å². The lowest BCUT2D eigenvalue weighted by Crippen LogP contribution is -3.00. The van der Waals surface area contributed by atoms with Crippen LogP contribution in [0.3, 0.4) is 0 Å². The molecule has 2 heterocycles. The molecule has 0 amide bonds. The van der Waals surface area contributed by atoms with Gasteiger partial charge in [0.05, 0.1) is 20.1 Å². The monoisotopic (exact) mass is 664 g/mol. The van der Waals surface area contributed by atoms with Gasteiger partial charge >= 0.3 is 11.9 Å². The summed E-state index contributed by atoms with van der Waals surface area (Å²) in [7, 11) is 2.48. The summed E-state index contributed by atoms with van der Waals surface area (Å²) in [5.41, 5.74) is 0.372. The average molecular weight is 666 g/mol. The Labute approximate surface area is 272 Å². The van der Waals surface area contributed by atoms with Crippen LogP contribution in [-0.2, 0) is 19.1 Å². The maximum absolute atomic E-state index is 12.9. The molecule has 0 aromatic rings. The fourth-order valence-electron chi connectivity index (χ4n) is 11.8. The van der Waals surface area contributed by atoms with Crippen molar-refractivity contribution in [2.75, 3.05) is 33.2 Å². The zero-order chi connectivity index (χ0) is 29.7. The van der Waals surface area contributed by atoms with E-state index in [2.05, 4.69) is 25.8 Å². The summed E-state index contributed by atoms with van der Waals surface area (Å²) in [6, 6.07) is 0.798. The van der Waals surface area contributed by atoms with Crippen LogP contribution in [0.1, 0.15) is 124 Å². The van der Waals surface area contributed by atoms with E-state index in [0.29, 0.717) is 48.1 Å². The number of hydrogen-bond acceptors (Lipinski definition) is 5. The first-order valence-electron chi connectivity index (χ1n) is 18.1. The number of hydrogen-bond donors (Lipinski definition) is 0. The second-order valence-corrected chi connectivity index (χ2v) is 16.2. The topological polar surface area (TPSA) is 55.8 Å². The molecule has 0 radical (unpaired) electrons. The van der Waals surface area contributed by atoms with Gasteiger partial charge in [-0.1, -0.05) is 34.1 Å². The molecule has 6 fully saturated rings. The largest absolute Gasteiger partial charge is 1.00 e. The van der Waals surface area contributed by atoms with E-state index in [1.807, 2.05) is 13.8 Å². The van der Waals surface area contributed by atoms with Crippen molar-refractivity contribution in [2.45, 2.75) is 148 Å². The first-order valence-corrected chi connectivity index (χ1v) is 18.1. The molecule has 0 N–H and O–H groups in total.